The van der Waals surface area contributed by atoms with Crippen LogP contribution in [0.15, 0.2) is 18.2 Å². The molecule has 0 amide bonds. The van der Waals surface area contributed by atoms with Gasteiger partial charge in [0.05, 0.1) is 0 Å². The SMILES string of the molecule is Fc1cc(F)cc(CC2(F)CCCNC2)c1. The average molecular weight is 229 g/mol. The van der Waals surface area contributed by atoms with Crippen molar-refractivity contribution in [2.24, 2.45) is 0 Å². The lowest BCUT2D eigenvalue weighted by molar-refractivity contribution is 0.122. The zero-order valence-electron chi connectivity index (χ0n) is 8.90. The first-order chi connectivity index (χ1) is 7.57. The molecule has 0 radical (unpaired) electrons. The van der Waals surface area contributed by atoms with E-state index in [-0.39, 0.29) is 13.0 Å². The van der Waals surface area contributed by atoms with E-state index in [0.717, 1.165) is 19.0 Å². The summed E-state index contributed by atoms with van der Waals surface area (Å²) in [6, 6.07) is 3.19. The summed E-state index contributed by atoms with van der Waals surface area (Å²) in [6.07, 6.45) is 1.26. The maximum atomic E-state index is 14.2. The zero-order valence-corrected chi connectivity index (χ0v) is 8.90. The van der Waals surface area contributed by atoms with Gasteiger partial charge in [-0.05, 0) is 37.1 Å². The van der Waals surface area contributed by atoms with E-state index in [1.54, 1.807) is 0 Å². The van der Waals surface area contributed by atoms with Gasteiger partial charge < -0.3 is 5.32 Å². The second-order valence-corrected chi connectivity index (χ2v) is 4.39. The van der Waals surface area contributed by atoms with E-state index in [9.17, 15) is 13.2 Å². The van der Waals surface area contributed by atoms with Crippen molar-refractivity contribution in [2.75, 3.05) is 13.1 Å². The zero-order chi connectivity index (χ0) is 11.6. The van der Waals surface area contributed by atoms with Gasteiger partial charge in [0.15, 0.2) is 0 Å². The first kappa shape index (κ1) is 11.5. The molecule has 1 aromatic carbocycles. The Hall–Kier alpha value is -1.03. The van der Waals surface area contributed by atoms with Crippen LogP contribution < -0.4 is 5.32 Å². The van der Waals surface area contributed by atoms with E-state index in [4.69, 9.17) is 0 Å². The van der Waals surface area contributed by atoms with Gasteiger partial charge in [0.1, 0.15) is 17.3 Å². The van der Waals surface area contributed by atoms with Crippen LogP contribution in [0.3, 0.4) is 0 Å². The molecular formula is C12H14F3N. The molecule has 1 N–H and O–H groups in total. The van der Waals surface area contributed by atoms with Crippen molar-refractivity contribution < 1.29 is 13.2 Å². The van der Waals surface area contributed by atoms with E-state index in [1.165, 1.54) is 12.1 Å². The van der Waals surface area contributed by atoms with Gasteiger partial charge >= 0.3 is 0 Å². The lowest BCUT2D eigenvalue weighted by Crippen LogP contribution is -2.43. The van der Waals surface area contributed by atoms with Crippen molar-refractivity contribution in [3.63, 3.8) is 0 Å². The highest BCUT2D eigenvalue weighted by Crippen LogP contribution is 2.26. The molecule has 1 aliphatic rings. The van der Waals surface area contributed by atoms with Crippen molar-refractivity contribution in [1.29, 1.82) is 0 Å². The number of rotatable bonds is 2. The molecule has 2 rings (SSSR count). The van der Waals surface area contributed by atoms with Crippen molar-refractivity contribution >= 4 is 0 Å². The number of nitrogens with one attached hydrogen (secondary N) is 1. The summed E-state index contributed by atoms with van der Waals surface area (Å²) in [6.45, 7) is 1.06. The second-order valence-electron chi connectivity index (χ2n) is 4.39. The highest BCUT2D eigenvalue weighted by Gasteiger charge is 2.31. The molecule has 16 heavy (non-hydrogen) atoms. The Labute approximate surface area is 92.7 Å². The lowest BCUT2D eigenvalue weighted by Gasteiger charge is -2.30. The third-order valence-corrected chi connectivity index (χ3v) is 2.86. The Morgan fingerprint density at radius 2 is 1.88 bits per heavy atom. The molecule has 0 aromatic heterocycles. The summed E-state index contributed by atoms with van der Waals surface area (Å²) in [4.78, 5) is 0. The van der Waals surface area contributed by atoms with Gasteiger partial charge in [0, 0.05) is 19.0 Å². The summed E-state index contributed by atoms with van der Waals surface area (Å²) < 4.78 is 40.1. The molecule has 1 heterocycles. The second kappa shape index (κ2) is 4.45. The molecule has 1 aliphatic heterocycles. The Balaban J connectivity index is 2.13. The number of hydrogen-bond acceptors (Lipinski definition) is 1. The maximum Gasteiger partial charge on any atom is 0.127 e. The monoisotopic (exact) mass is 229 g/mol. The van der Waals surface area contributed by atoms with Crippen LogP contribution in [-0.4, -0.2) is 18.8 Å². The quantitative estimate of drug-likeness (QED) is 0.822. The van der Waals surface area contributed by atoms with Gasteiger partial charge in [-0.15, -0.1) is 0 Å². The molecule has 88 valence electrons. The average Bonchev–Trinajstić information content (AvgIpc) is 2.15. The van der Waals surface area contributed by atoms with Gasteiger partial charge in [-0.1, -0.05) is 0 Å². The molecule has 1 nitrogen and oxygen atoms in total. The topological polar surface area (TPSA) is 12.0 Å². The molecular weight excluding hydrogens is 215 g/mol. The van der Waals surface area contributed by atoms with Gasteiger partial charge in [0.25, 0.3) is 0 Å². The van der Waals surface area contributed by atoms with E-state index < -0.39 is 17.3 Å². The van der Waals surface area contributed by atoms with Crippen molar-refractivity contribution in [3.8, 4) is 0 Å². The Morgan fingerprint density at radius 3 is 2.44 bits per heavy atom. The molecule has 1 atom stereocenters. The third kappa shape index (κ3) is 2.76. The number of alkyl halides is 1. The van der Waals surface area contributed by atoms with Crippen molar-refractivity contribution in [2.45, 2.75) is 24.9 Å². The van der Waals surface area contributed by atoms with Crippen LogP contribution in [0.2, 0.25) is 0 Å². The number of hydrogen-bond donors (Lipinski definition) is 1. The molecule has 0 bridgehead atoms. The van der Waals surface area contributed by atoms with Crippen LogP contribution in [0.5, 0.6) is 0 Å². The predicted octanol–water partition coefficient (Wildman–Crippen LogP) is 2.60. The highest BCUT2D eigenvalue weighted by molar-refractivity contribution is 5.20. The first-order valence-corrected chi connectivity index (χ1v) is 5.42. The molecule has 0 saturated carbocycles. The minimum atomic E-state index is -1.38. The minimum Gasteiger partial charge on any atom is -0.314 e. The fraction of sp³-hybridized carbons (Fsp3) is 0.500. The van der Waals surface area contributed by atoms with E-state index in [1.807, 2.05) is 0 Å². The number of halogens is 3. The molecule has 1 unspecified atom stereocenters. The summed E-state index contributed by atoms with van der Waals surface area (Å²) in [5.41, 5.74) is -0.998. The minimum absolute atomic E-state index is 0.0642. The smallest absolute Gasteiger partial charge is 0.127 e. The fourth-order valence-electron chi connectivity index (χ4n) is 2.16. The lowest BCUT2D eigenvalue weighted by atomic mass is 9.89. The number of piperidine rings is 1. The van der Waals surface area contributed by atoms with Gasteiger partial charge in [0.2, 0.25) is 0 Å². The fourth-order valence-corrected chi connectivity index (χ4v) is 2.16. The van der Waals surface area contributed by atoms with Crippen LogP contribution in [-0.2, 0) is 6.42 Å². The normalized spacial score (nSPS) is 25.7. The molecule has 4 heteroatoms. The predicted molar refractivity (Wildman–Crippen MR) is 56.0 cm³/mol. The summed E-state index contributed by atoms with van der Waals surface area (Å²) in [5, 5.41) is 2.96. The summed E-state index contributed by atoms with van der Waals surface area (Å²) >= 11 is 0. The molecule has 0 spiro atoms. The molecule has 1 saturated heterocycles. The van der Waals surface area contributed by atoms with Gasteiger partial charge in [-0.3, -0.25) is 0 Å². The van der Waals surface area contributed by atoms with Gasteiger partial charge in [-0.25, -0.2) is 13.2 Å². The van der Waals surface area contributed by atoms with E-state index >= 15 is 0 Å². The summed E-state index contributed by atoms with van der Waals surface area (Å²) in [7, 11) is 0. The molecule has 0 aliphatic carbocycles. The largest absolute Gasteiger partial charge is 0.314 e. The van der Waals surface area contributed by atoms with Crippen LogP contribution in [0, 0.1) is 11.6 Å². The standard InChI is InChI=1S/C12H14F3N/c13-10-4-9(5-11(14)6-10)7-12(15)2-1-3-16-8-12/h4-6,16H,1-3,7-8H2. The maximum absolute atomic E-state index is 14.2. The van der Waals surface area contributed by atoms with Crippen LogP contribution in [0.1, 0.15) is 18.4 Å². The molecule has 1 fully saturated rings. The van der Waals surface area contributed by atoms with Crippen molar-refractivity contribution in [3.05, 3.63) is 35.4 Å². The Morgan fingerprint density at radius 1 is 1.19 bits per heavy atom. The number of benzene rings is 1. The van der Waals surface area contributed by atoms with Crippen molar-refractivity contribution in [1.82, 2.24) is 5.32 Å². The van der Waals surface area contributed by atoms with Crippen LogP contribution in [0.25, 0.3) is 0 Å². The first-order valence-electron chi connectivity index (χ1n) is 5.42. The van der Waals surface area contributed by atoms with E-state index in [0.29, 0.717) is 12.0 Å². The van der Waals surface area contributed by atoms with E-state index in [2.05, 4.69) is 5.32 Å². The van der Waals surface area contributed by atoms with Crippen LogP contribution in [0.4, 0.5) is 13.2 Å². The molecule has 1 aromatic rings. The summed E-state index contributed by atoms with van der Waals surface area (Å²) in [5.74, 6) is -1.30. The Bertz CT molecular complexity index is 352. The van der Waals surface area contributed by atoms with Crippen LogP contribution >= 0.6 is 0 Å². The van der Waals surface area contributed by atoms with Gasteiger partial charge in [-0.2, -0.15) is 0 Å². The third-order valence-electron chi connectivity index (χ3n) is 2.86. The Kier molecular flexibility index (Phi) is 3.19. The highest BCUT2D eigenvalue weighted by atomic mass is 19.1.